The molecule has 98 valence electrons. The molecule has 0 aliphatic carbocycles. The van der Waals surface area contributed by atoms with Gasteiger partial charge in [-0.3, -0.25) is 4.98 Å². The van der Waals surface area contributed by atoms with Gasteiger partial charge in [0.2, 0.25) is 0 Å². The predicted octanol–water partition coefficient (Wildman–Crippen LogP) is 2.90. The summed E-state index contributed by atoms with van der Waals surface area (Å²) >= 11 is 4.08. The molecule has 3 nitrogen and oxygen atoms in total. The highest BCUT2D eigenvalue weighted by atomic mass is 79.9. The molecule has 1 aliphatic heterocycles. The SMILES string of the molecule is Cc1cc(C2=NC(O)(C(F)(F)F)CS2)c(Br)cn1. The molecule has 0 spiro atoms. The van der Waals surface area contributed by atoms with Crippen molar-refractivity contribution in [2.75, 3.05) is 5.75 Å². The topological polar surface area (TPSA) is 45.5 Å². The van der Waals surface area contributed by atoms with Gasteiger partial charge in [0.15, 0.2) is 0 Å². The first-order valence-corrected chi connectivity index (χ1v) is 6.65. The quantitative estimate of drug-likeness (QED) is 0.854. The fraction of sp³-hybridized carbons (Fsp3) is 0.400. The number of rotatable bonds is 1. The molecule has 0 saturated carbocycles. The summed E-state index contributed by atoms with van der Waals surface area (Å²) in [5.41, 5.74) is -1.82. The van der Waals surface area contributed by atoms with Crippen molar-refractivity contribution in [1.82, 2.24) is 4.98 Å². The minimum absolute atomic E-state index is 0.159. The second-order valence-electron chi connectivity index (χ2n) is 3.83. The Morgan fingerprint density at radius 3 is 2.72 bits per heavy atom. The van der Waals surface area contributed by atoms with Gasteiger partial charge >= 0.3 is 6.18 Å². The van der Waals surface area contributed by atoms with E-state index >= 15 is 0 Å². The Morgan fingerprint density at radius 1 is 1.50 bits per heavy atom. The van der Waals surface area contributed by atoms with Gasteiger partial charge in [0, 0.05) is 21.9 Å². The molecule has 2 rings (SSSR count). The van der Waals surface area contributed by atoms with Crippen molar-refractivity contribution in [3.05, 3.63) is 28.0 Å². The number of alkyl halides is 3. The Morgan fingerprint density at radius 2 is 2.17 bits per heavy atom. The van der Waals surface area contributed by atoms with E-state index in [2.05, 4.69) is 25.9 Å². The first kappa shape index (κ1) is 13.8. The van der Waals surface area contributed by atoms with Gasteiger partial charge in [-0.25, -0.2) is 4.99 Å². The van der Waals surface area contributed by atoms with Crippen LogP contribution in [0.3, 0.4) is 0 Å². The summed E-state index contributed by atoms with van der Waals surface area (Å²) in [5, 5.41) is 9.61. The van der Waals surface area contributed by atoms with E-state index in [0.29, 0.717) is 15.7 Å². The lowest BCUT2D eigenvalue weighted by Gasteiger charge is -2.21. The molecule has 0 bridgehead atoms. The highest BCUT2D eigenvalue weighted by molar-refractivity contribution is 9.10. The van der Waals surface area contributed by atoms with Crippen LogP contribution in [0, 0.1) is 6.92 Å². The van der Waals surface area contributed by atoms with Crippen molar-refractivity contribution in [3.8, 4) is 0 Å². The molecule has 8 heteroatoms. The van der Waals surface area contributed by atoms with Crippen molar-refractivity contribution in [2.24, 2.45) is 4.99 Å². The molecule has 0 radical (unpaired) electrons. The van der Waals surface area contributed by atoms with Crippen molar-refractivity contribution in [1.29, 1.82) is 0 Å². The van der Waals surface area contributed by atoms with Crippen LogP contribution in [0.5, 0.6) is 0 Å². The van der Waals surface area contributed by atoms with Crippen LogP contribution < -0.4 is 0 Å². The van der Waals surface area contributed by atoms with Gasteiger partial charge in [-0.15, -0.1) is 11.8 Å². The van der Waals surface area contributed by atoms with Crippen LogP contribution >= 0.6 is 27.7 Å². The van der Waals surface area contributed by atoms with Crippen molar-refractivity contribution < 1.29 is 18.3 Å². The molecular weight excluding hydrogens is 333 g/mol. The zero-order valence-corrected chi connectivity index (χ0v) is 11.5. The van der Waals surface area contributed by atoms with Crippen LogP contribution in [-0.2, 0) is 0 Å². The first-order chi connectivity index (χ1) is 8.23. The van der Waals surface area contributed by atoms with Crippen LogP contribution in [0.4, 0.5) is 13.2 Å². The Bertz CT molecular complexity index is 520. The largest absolute Gasteiger partial charge is 0.439 e. The maximum Gasteiger partial charge on any atom is 0.439 e. The van der Waals surface area contributed by atoms with E-state index in [0.717, 1.165) is 11.8 Å². The van der Waals surface area contributed by atoms with Gasteiger partial charge in [0.1, 0.15) is 5.04 Å². The van der Waals surface area contributed by atoms with Gasteiger partial charge in [0.25, 0.3) is 5.72 Å². The molecule has 1 aromatic rings. The smallest absolute Gasteiger partial charge is 0.361 e. The normalized spacial score (nSPS) is 24.2. The van der Waals surface area contributed by atoms with Crippen molar-refractivity contribution in [3.63, 3.8) is 0 Å². The number of thioether (sulfide) groups is 1. The Balaban J connectivity index is 2.42. The number of hydrogen-bond donors (Lipinski definition) is 1. The summed E-state index contributed by atoms with van der Waals surface area (Å²) in [4.78, 5) is 7.42. The van der Waals surface area contributed by atoms with E-state index in [1.165, 1.54) is 6.20 Å². The summed E-state index contributed by atoms with van der Waals surface area (Å²) in [6.07, 6.45) is -3.27. The number of pyridine rings is 1. The maximum absolute atomic E-state index is 12.6. The van der Waals surface area contributed by atoms with Gasteiger partial charge in [-0.2, -0.15) is 13.2 Å². The van der Waals surface area contributed by atoms with Crippen LogP contribution in [0.1, 0.15) is 11.3 Å². The van der Waals surface area contributed by atoms with Crippen molar-refractivity contribution in [2.45, 2.75) is 18.8 Å². The molecule has 0 amide bonds. The first-order valence-electron chi connectivity index (χ1n) is 4.87. The molecule has 1 aliphatic rings. The fourth-order valence-electron chi connectivity index (χ4n) is 1.39. The van der Waals surface area contributed by atoms with E-state index in [-0.39, 0.29) is 5.04 Å². The third kappa shape index (κ3) is 2.41. The molecular formula is C10H8BrF3N2OS. The number of aryl methyl sites for hydroxylation is 1. The zero-order chi connectivity index (χ0) is 13.6. The fourth-order valence-corrected chi connectivity index (χ4v) is 3.03. The van der Waals surface area contributed by atoms with Gasteiger partial charge in [0.05, 0.1) is 5.75 Å². The molecule has 0 fully saturated rings. The van der Waals surface area contributed by atoms with Crippen LogP contribution in [0.15, 0.2) is 21.7 Å². The summed E-state index contributed by atoms with van der Waals surface area (Å²) < 4.78 is 38.4. The van der Waals surface area contributed by atoms with Gasteiger partial charge in [-0.1, -0.05) is 0 Å². The molecule has 1 unspecified atom stereocenters. The Kier molecular flexibility index (Phi) is 3.46. The van der Waals surface area contributed by atoms with Crippen LogP contribution in [-0.4, -0.2) is 32.8 Å². The molecule has 2 heterocycles. The lowest BCUT2D eigenvalue weighted by molar-refractivity contribution is -0.245. The second kappa shape index (κ2) is 4.50. The van der Waals surface area contributed by atoms with Crippen LogP contribution in [0.2, 0.25) is 0 Å². The number of aliphatic hydroxyl groups is 1. The molecule has 0 saturated heterocycles. The number of aliphatic imine (C=N–C) groups is 1. The van der Waals surface area contributed by atoms with E-state index in [9.17, 15) is 18.3 Å². The Hall–Kier alpha value is -0.600. The number of hydrogen-bond acceptors (Lipinski definition) is 4. The minimum atomic E-state index is -4.77. The van der Waals surface area contributed by atoms with Crippen molar-refractivity contribution >= 4 is 32.7 Å². The average Bonchev–Trinajstić information content (AvgIpc) is 2.65. The summed E-state index contributed by atoms with van der Waals surface area (Å²) in [6.45, 7) is 1.73. The third-order valence-corrected chi connectivity index (χ3v) is 4.14. The second-order valence-corrected chi connectivity index (χ2v) is 5.64. The standard InChI is InChI=1S/C10H8BrF3N2OS/c1-5-2-6(7(11)3-15-5)8-16-9(17,4-18-8)10(12,13)14/h2-3,17H,4H2,1H3. The van der Waals surface area contributed by atoms with Crippen LogP contribution in [0.25, 0.3) is 0 Å². The number of nitrogens with zero attached hydrogens (tertiary/aromatic N) is 2. The monoisotopic (exact) mass is 340 g/mol. The molecule has 18 heavy (non-hydrogen) atoms. The number of aromatic nitrogens is 1. The summed E-state index contributed by atoms with van der Waals surface area (Å²) in [5.74, 6) is -0.528. The zero-order valence-electron chi connectivity index (χ0n) is 9.12. The summed E-state index contributed by atoms with van der Waals surface area (Å²) in [6, 6.07) is 1.62. The predicted molar refractivity (Wildman–Crippen MR) is 66.7 cm³/mol. The summed E-state index contributed by atoms with van der Waals surface area (Å²) in [7, 11) is 0. The van der Waals surface area contributed by atoms with E-state index in [1.807, 2.05) is 0 Å². The molecule has 1 atom stereocenters. The van der Waals surface area contributed by atoms with E-state index in [4.69, 9.17) is 0 Å². The lowest BCUT2D eigenvalue weighted by atomic mass is 10.2. The minimum Gasteiger partial charge on any atom is -0.361 e. The molecule has 0 aromatic carbocycles. The average molecular weight is 341 g/mol. The number of halogens is 4. The van der Waals surface area contributed by atoms with E-state index < -0.39 is 17.7 Å². The van der Waals surface area contributed by atoms with Gasteiger partial charge < -0.3 is 5.11 Å². The maximum atomic E-state index is 12.6. The highest BCUT2D eigenvalue weighted by Gasteiger charge is 2.56. The Labute approximate surface area is 114 Å². The third-order valence-electron chi connectivity index (χ3n) is 2.37. The highest BCUT2D eigenvalue weighted by Crippen LogP contribution is 2.41. The lowest BCUT2D eigenvalue weighted by Crippen LogP contribution is -2.43. The van der Waals surface area contributed by atoms with E-state index in [1.54, 1.807) is 13.0 Å². The molecule has 1 N–H and O–H groups in total. The van der Waals surface area contributed by atoms with Gasteiger partial charge in [-0.05, 0) is 28.9 Å². The molecule has 1 aromatic heterocycles.